The number of aliphatic hydroxyl groups excluding tert-OH is 1. The van der Waals surface area contributed by atoms with E-state index in [0.717, 1.165) is 39.1 Å². The van der Waals surface area contributed by atoms with E-state index < -0.39 is 12.1 Å². The lowest BCUT2D eigenvalue weighted by molar-refractivity contribution is -0.137. The van der Waals surface area contributed by atoms with Gasteiger partial charge in [-0.25, -0.2) is 0 Å². The number of benzene rings is 3. The number of hydrogen-bond donors (Lipinski definition) is 2. The van der Waals surface area contributed by atoms with E-state index in [1.54, 1.807) is 0 Å². The molecular formula is C29H30O7. The third-order valence-corrected chi connectivity index (χ3v) is 6.70. The molecule has 2 aliphatic heterocycles. The lowest BCUT2D eigenvalue weighted by Gasteiger charge is -2.19. The minimum Gasteiger partial charge on any atom is -0.492 e. The normalized spacial score (nSPS) is 20.6. The van der Waals surface area contributed by atoms with E-state index in [4.69, 9.17) is 24.1 Å². The van der Waals surface area contributed by atoms with Crippen molar-refractivity contribution in [3.63, 3.8) is 0 Å². The first-order chi connectivity index (χ1) is 17.4. The minimum absolute atomic E-state index is 0.0584. The highest BCUT2D eigenvalue weighted by Crippen LogP contribution is 2.38. The Morgan fingerprint density at radius 1 is 1.00 bits per heavy atom. The van der Waals surface area contributed by atoms with Gasteiger partial charge in [-0.1, -0.05) is 24.3 Å². The van der Waals surface area contributed by atoms with Gasteiger partial charge in [0.15, 0.2) is 0 Å². The van der Waals surface area contributed by atoms with Gasteiger partial charge < -0.3 is 29.2 Å². The van der Waals surface area contributed by atoms with Crippen LogP contribution in [-0.4, -0.2) is 48.2 Å². The zero-order chi connectivity index (χ0) is 25.2. The highest BCUT2D eigenvalue weighted by molar-refractivity contribution is 5.72. The molecule has 1 saturated heterocycles. The highest BCUT2D eigenvalue weighted by atomic mass is 16.6. The van der Waals surface area contributed by atoms with Gasteiger partial charge in [0.1, 0.15) is 36.1 Å². The van der Waals surface area contributed by atoms with Gasteiger partial charge in [-0.05, 0) is 65.9 Å². The summed E-state index contributed by atoms with van der Waals surface area (Å²) in [6.45, 7) is 5.58. The second-order valence-corrected chi connectivity index (χ2v) is 9.49. The number of aryl methyl sites for hydroxylation is 2. The van der Waals surface area contributed by atoms with Crippen molar-refractivity contribution >= 4 is 5.97 Å². The Bertz CT molecular complexity index is 1250. The van der Waals surface area contributed by atoms with Crippen molar-refractivity contribution in [3.05, 3.63) is 76.9 Å². The van der Waals surface area contributed by atoms with E-state index in [1.165, 1.54) is 0 Å². The van der Waals surface area contributed by atoms with Crippen LogP contribution in [0.3, 0.4) is 0 Å². The Morgan fingerprint density at radius 3 is 2.53 bits per heavy atom. The van der Waals surface area contributed by atoms with Crippen LogP contribution in [-0.2, 0) is 16.1 Å². The van der Waals surface area contributed by atoms with Gasteiger partial charge in [0, 0.05) is 17.5 Å². The molecule has 0 spiro atoms. The standard InChI is InChI=1S/C29H30O7/c1-17-8-23(36-27-16-33-15-25(27)30)9-18(2)29(17)20-5-3-4-19(10-20)13-34-22-6-7-24-21(11-28(31)32)14-35-26(24)12-22/h3-10,12,21,25,27,30H,11,13-16H2,1-2H3,(H,31,32)/t21-,25+,27-/m1/s1. The quantitative estimate of drug-likeness (QED) is 0.475. The molecule has 0 amide bonds. The molecule has 1 fully saturated rings. The number of carbonyl (C=O) groups is 1. The molecule has 3 aromatic carbocycles. The maximum absolute atomic E-state index is 11.1. The molecule has 5 rings (SSSR count). The van der Waals surface area contributed by atoms with Gasteiger partial charge in [0.05, 0.1) is 26.2 Å². The number of carboxylic acid groups (broad SMARTS) is 1. The molecule has 0 aliphatic carbocycles. The van der Waals surface area contributed by atoms with E-state index in [0.29, 0.717) is 37.9 Å². The average molecular weight is 491 g/mol. The summed E-state index contributed by atoms with van der Waals surface area (Å²) in [6.07, 6.45) is -0.892. The van der Waals surface area contributed by atoms with E-state index >= 15 is 0 Å². The van der Waals surface area contributed by atoms with Crippen LogP contribution in [0.25, 0.3) is 11.1 Å². The van der Waals surface area contributed by atoms with Crippen molar-refractivity contribution in [1.82, 2.24) is 0 Å². The Hall–Kier alpha value is -3.55. The molecular weight excluding hydrogens is 460 g/mol. The third kappa shape index (κ3) is 5.17. The summed E-state index contributed by atoms with van der Waals surface area (Å²) < 4.78 is 23.0. The number of aliphatic hydroxyl groups is 1. The van der Waals surface area contributed by atoms with Crippen molar-refractivity contribution in [3.8, 4) is 28.4 Å². The zero-order valence-corrected chi connectivity index (χ0v) is 20.4. The number of carboxylic acids is 1. The molecule has 2 N–H and O–H groups in total. The van der Waals surface area contributed by atoms with Gasteiger partial charge in [-0.3, -0.25) is 4.79 Å². The number of ether oxygens (including phenoxy) is 4. The second kappa shape index (κ2) is 10.2. The van der Waals surface area contributed by atoms with Crippen LogP contribution in [0.4, 0.5) is 0 Å². The van der Waals surface area contributed by atoms with Crippen LogP contribution >= 0.6 is 0 Å². The molecule has 3 aromatic rings. The first-order valence-corrected chi connectivity index (χ1v) is 12.1. The first-order valence-electron chi connectivity index (χ1n) is 12.1. The fourth-order valence-corrected chi connectivity index (χ4v) is 4.97. The van der Waals surface area contributed by atoms with Crippen LogP contribution in [0.2, 0.25) is 0 Å². The van der Waals surface area contributed by atoms with Gasteiger partial charge >= 0.3 is 5.97 Å². The molecule has 3 atom stereocenters. The van der Waals surface area contributed by atoms with E-state index in [-0.39, 0.29) is 18.4 Å². The molecule has 0 bridgehead atoms. The smallest absolute Gasteiger partial charge is 0.304 e. The van der Waals surface area contributed by atoms with Crippen LogP contribution in [0.5, 0.6) is 17.2 Å². The predicted octanol–water partition coefficient (Wildman–Crippen LogP) is 4.64. The summed E-state index contributed by atoms with van der Waals surface area (Å²) in [5.74, 6) is 1.15. The molecule has 2 heterocycles. The van der Waals surface area contributed by atoms with Gasteiger partial charge in [-0.2, -0.15) is 0 Å². The average Bonchev–Trinajstić information content (AvgIpc) is 3.42. The minimum atomic E-state index is -0.827. The summed E-state index contributed by atoms with van der Waals surface area (Å²) in [4.78, 5) is 11.1. The number of aliphatic carboxylic acids is 1. The van der Waals surface area contributed by atoms with Crippen molar-refractivity contribution in [2.24, 2.45) is 0 Å². The van der Waals surface area contributed by atoms with Crippen molar-refractivity contribution in [1.29, 1.82) is 0 Å². The molecule has 188 valence electrons. The SMILES string of the molecule is Cc1cc(O[C@@H]2COC[C@@H]2O)cc(C)c1-c1cccc(COc2ccc3c(c2)OC[C@H]3CC(=O)O)c1. The summed E-state index contributed by atoms with van der Waals surface area (Å²) >= 11 is 0. The summed E-state index contributed by atoms with van der Waals surface area (Å²) in [5.41, 5.74) is 6.35. The Morgan fingerprint density at radius 2 is 1.81 bits per heavy atom. The maximum Gasteiger partial charge on any atom is 0.304 e. The van der Waals surface area contributed by atoms with Gasteiger partial charge in [0.25, 0.3) is 0 Å². The number of hydrogen-bond acceptors (Lipinski definition) is 6. The highest BCUT2D eigenvalue weighted by Gasteiger charge is 2.28. The van der Waals surface area contributed by atoms with Crippen LogP contribution < -0.4 is 14.2 Å². The third-order valence-electron chi connectivity index (χ3n) is 6.70. The lowest BCUT2D eigenvalue weighted by Crippen LogP contribution is -2.29. The molecule has 0 unspecified atom stereocenters. The predicted molar refractivity (Wildman–Crippen MR) is 134 cm³/mol. The lowest BCUT2D eigenvalue weighted by atomic mass is 9.94. The van der Waals surface area contributed by atoms with Crippen LogP contribution in [0.1, 0.15) is 34.6 Å². The summed E-state index contributed by atoms with van der Waals surface area (Å²) in [6, 6.07) is 17.8. The van der Waals surface area contributed by atoms with Crippen molar-refractivity contribution in [2.45, 2.75) is 45.0 Å². The van der Waals surface area contributed by atoms with E-state index in [1.807, 2.05) is 42.5 Å². The van der Waals surface area contributed by atoms with Crippen molar-refractivity contribution < 1.29 is 34.0 Å². The fourth-order valence-electron chi connectivity index (χ4n) is 4.97. The molecule has 2 aliphatic rings. The molecule has 36 heavy (non-hydrogen) atoms. The zero-order valence-electron chi connectivity index (χ0n) is 20.4. The maximum atomic E-state index is 11.1. The largest absolute Gasteiger partial charge is 0.492 e. The molecule has 0 aromatic heterocycles. The first kappa shape index (κ1) is 24.2. The van der Waals surface area contributed by atoms with Crippen LogP contribution in [0, 0.1) is 13.8 Å². The molecule has 0 saturated carbocycles. The molecule has 7 heteroatoms. The second-order valence-electron chi connectivity index (χ2n) is 9.49. The van der Waals surface area contributed by atoms with Gasteiger partial charge in [0.2, 0.25) is 0 Å². The number of rotatable bonds is 8. The molecule has 0 radical (unpaired) electrons. The van der Waals surface area contributed by atoms with Crippen molar-refractivity contribution in [2.75, 3.05) is 19.8 Å². The van der Waals surface area contributed by atoms with Crippen LogP contribution in [0.15, 0.2) is 54.6 Å². The molecule has 7 nitrogen and oxygen atoms in total. The van der Waals surface area contributed by atoms with E-state index in [2.05, 4.69) is 26.0 Å². The monoisotopic (exact) mass is 490 g/mol. The van der Waals surface area contributed by atoms with Gasteiger partial charge in [-0.15, -0.1) is 0 Å². The fraction of sp³-hybridized carbons (Fsp3) is 0.345. The topological polar surface area (TPSA) is 94.5 Å². The number of fused-ring (bicyclic) bond motifs is 1. The summed E-state index contributed by atoms with van der Waals surface area (Å²) in [7, 11) is 0. The Labute approximate surface area is 210 Å². The Balaban J connectivity index is 1.28. The summed E-state index contributed by atoms with van der Waals surface area (Å²) in [5, 5.41) is 19.1. The van der Waals surface area contributed by atoms with E-state index in [9.17, 15) is 9.90 Å². The Kier molecular flexibility index (Phi) is 6.85.